The van der Waals surface area contributed by atoms with Crippen LogP contribution < -0.4 is 0 Å². The lowest BCUT2D eigenvalue weighted by Gasteiger charge is -2.35. The van der Waals surface area contributed by atoms with Crippen LogP contribution in [-0.2, 0) is 12.0 Å². The van der Waals surface area contributed by atoms with Gasteiger partial charge in [0.15, 0.2) is 0 Å². The molecule has 0 aromatic heterocycles. The van der Waals surface area contributed by atoms with Gasteiger partial charge in [-0.25, -0.2) is 0 Å². The van der Waals surface area contributed by atoms with E-state index in [1.807, 2.05) is 60.7 Å². The Morgan fingerprint density at radius 1 is 0.857 bits per heavy atom. The zero-order chi connectivity index (χ0) is 24.7. The zero-order valence-electron chi connectivity index (χ0n) is 21.3. The summed E-state index contributed by atoms with van der Waals surface area (Å²) in [5, 5.41) is 22.7. The third-order valence-corrected chi connectivity index (χ3v) is 7.50. The predicted molar refractivity (Wildman–Crippen MR) is 144 cm³/mol. The van der Waals surface area contributed by atoms with Gasteiger partial charge in [-0.3, -0.25) is 0 Å². The minimum absolute atomic E-state index is 0.155. The summed E-state index contributed by atoms with van der Waals surface area (Å²) >= 11 is 0. The Morgan fingerprint density at radius 2 is 1.46 bits per heavy atom. The largest absolute Gasteiger partial charge is 0.388 e. The number of aliphatic hydroxyl groups is 2. The number of unbranched alkanes of at least 4 members (excludes halogenated alkanes) is 1. The molecule has 0 bridgehead atoms. The monoisotopic (exact) mass is 471 g/mol. The second-order valence-electron chi connectivity index (χ2n) is 10.6. The molecule has 0 saturated carbocycles. The number of nitrogens with zero attached hydrogens (tertiary/aromatic N) is 1. The fraction of sp³-hybridized carbons (Fsp3) is 0.438. The van der Waals surface area contributed by atoms with E-state index in [4.69, 9.17) is 0 Å². The minimum atomic E-state index is -0.977. The second kappa shape index (κ2) is 12.0. The third kappa shape index (κ3) is 6.41. The molecule has 2 atom stereocenters. The number of benzene rings is 3. The maximum absolute atomic E-state index is 12.0. The van der Waals surface area contributed by atoms with E-state index in [0.717, 1.165) is 68.4 Å². The number of aliphatic hydroxyl groups excluding tert-OH is 1. The molecule has 3 aromatic carbocycles. The molecule has 2 N–H and O–H groups in total. The molecule has 0 spiro atoms. The van der Waals surface area contributed by atoms with Crippen molar-refractivity contribution in [3.8, 4) is 0 Å². The van der Waals surface area contributed by atoms with Crippen LogP contribution >= 0.6 is 0 Å². The molecule has 3 heteroatoms. The van der Waals surface area contributed by atoms with Crippen LogP contribution in [0.5, 0.6) is 0 Å². The Bertz CT molecular complexity index is 977. The van der Waals surface area contributed by atoms with Gasteiger partial charge in [0.05, 0.1) is 6.10 Å². The van der Waals surface area contributed by atoms with Crippen molar-refractivity contribution in [1.29, 1.82) is 0 Å². The van der Waals surface area contributed by atoms with Crippen LogP contribution in [0, 0.1) is 11.8 Å². The summed E-state index contributed by atoms with van der Waals surface area (Å²) < 4.78 is 0. The Hall–Kier alpha value is -2.46. The van der Waals surface area contributed by atoms with Crippen LogP contribution in [0.1, 0.15) is 67.9 Å². The van der Waals surface area contributed by atoms with Gasteiger partial charge < -0.3 is 15.1 Å². The molecule has 2 unspecified atom stereocenters. The van der Waals surface area contributed by atoms with Crippen LogP contribution in [0.15, 0.2) is 84.9 Å². The molecule has 1 saturated heterocycles. The third-order valence-electron chi connectivity index (χ3n) is 7.50. The Kier molecular flexibility index (Phi) is 8.78. The quantitative estimate of drug-likeness (QED) is 0.320. The molecule has 0 aliphatic carbocycles. The van der Waals surface area contributed by atoms with Crippen LogP contribution in [0.3, 0.4) is 0 Å². The molecule has 4 rings (SSSR count). The average molecular weight is 472 g/mol. The van der Waals surface area contributed by atoms with Gasteiger partial charge in [0.2, 0.25) is 0 Å². The fourth-order valence-corrected chi connectivity index (χ4v) is 5.59. The highest BCUT2D eigenvalue weighted by molar-refractivity contribution is 5.37. The lowest BCUT2D eigenvalue weighted by Crippen LogP contribution is -2.38. The Labute approximate surface area is 211 Å². The van der Waals surface area contributed by atoms with Crippen molar-refractivity contribution in [2.24, 2.45) is 11.8 Å². The van der Waals surface area contributed by atoms with Gasteiger partial charge in [0.25, 0.3) is 0 Å². The maximum atomic E-state index is 12.0. The van der Waals surface area contributed by atoms with Crippen molar-refractivity contribution in [2.45, 2.75) is 57.7 Å². The summed E-state index contributed by atoms with van der Waals surface area (Å²) in [5.74, 6) is 0.801. The van der Waals surface area contributed by atoms with E-state index >= 15 is 0 Å². The van der Waals surface area contributed by atoms with Gasteiger partial charge >= 0.3 is 0 Å². The number of hydrogen-bond donors (Lipinski definition) is 2. The number of rotatable bonds is 11. The van der Waals surface area contributed by atoms with Crippen molar-refractivity contribution >= 4 is 0 Å². The van der Waals surface area contributed by atoms with Crippen molar-refractivity contribution in [1.82, 2.24) is 4.90 Å². The van der Waals surface area contributed by atoms with E-state index < -0.39 is 11.7 Å². The smallest absolute Gasteiger partial charge is 0.119 e. The van der Waals surface area contributed by atoms with Crippen LogP contribution in [0.4, 0.5) is 0 Å². The van der Waals surface area contributed by atoms with Gasteiger partial charge in [0, 0.05) is 12.5 Å². The molecule has 35 heavy (non-hydrogen) atoms. The molecule has 3 nitrogen and oxygen atoms in total. The minimum Gasteiger partial charge on any atom is -0.388 e. The van der Waals surface area contributed by atoms with Gasteiger partial charge in [-0.1, -0.05) is 98.8 Å². The molecule has 3 aromatic rings. The van der Waals surface area contributed by atoms with E-state index in [1.54, 1.807) is 0 Å². The normalized spacial score (nSPS) is 17.7. The van der Waals surface area contributed by atoms with Crippen molar-refractivity contribution < 1.29 is 10.2 Å². The lowest BCUT2D eigenvalue weighted by atomic mass is 9.75. The first kappa shape index (κ1) is 25.6. The number of likely N-dealkylation sites (tertiary alicyclic amines) is 1. The van der Waals surface area contributed by atoms with E-state index in [-0.39, 0.29) is 5.92 Å². The molecule has 186 valence electrons. The summed E-state index contributed by atoms with van der Waals surface area (Å²) in [4.78, 5) is 2.48. The van der Waals surface area contributed by atoms with Gasteiger partial charge in [-0.15, -0.1) is 0 Å². The van der Waals surface area contributed by atoms with Gasteiger partial charge in [-0.2, -0.15) is 0 Å². The fourth-order valence-electron chi connectivity index (χ4n) is 5.59. The van der Waals surface area contributed by atoms with Gasteiger partial charge in [0.1, 0.15) is 5.60 Å². The highest BCUT2D eigenvalue weighted by atomic mass is 16.3. The van der Waals surface area contributed by atoms with Crippen LogP contribution in [-0.4, -0.2) is 34.7 Å². The first-order valence-corrected chi connectivity index (χ1v) is 13.3. The Balaban J connectivity index is 1.29. The van der Waals surface area contributed by atoms with Crippen molar-refractivity contribution in [2.75, 3.05) is 19.6 Å². The van der Waals surface area contributed by atoms with Crippen LogP contribution in [0.25, 0.3) is 0 Å². The second-order valence-corrected chi connectivity index (χ2v) is 10.6. The van der Waals surface area contributed by atoms with Crippen LogP contribution in [0.2, 0.25) is 0 Å². The van der Waals surface area contributed by atoms with E-state index in [1.165, 1.54) is 5.56 Å². The van der Waals surface area contributed by atoms with E-state index in [2.05, 4.69) is 43.0 Å². The van der Waals surface area contributed by atoms with E-state index in [9.17, 15) is 10.2 Å². The molecular weight excluding hydrogens is 430 g/mol. The van der Waals surface area contributed by atoms with Crippen molar-refractivity contribution in [3.63, 3.8) is 0 Å². The first-order chi connectivity index (χ1) is 17.0. The molecule has 0 amide bonds. The molecule has 1 fully saturated rings. The van der Waals surface area contributed by atoms with Gasteiger partial charge in [-0.05, 0) is 73.4 Å². The summed E-state index contributed by atoms with van der Waals surface area (Å²) in [6.45, 7) is 7.37. The summed E-state index contributed by atoms with van der Waals surface area (Å²) in [5.41, 5.74) is 3.33. The number of hydrogen-bond acceptors (Lipinski definition) is 3. The molecular formula is C32H41NO2. The topological polar surface area (TPSA) is 43.7 Å². The molecule has 1 heterocycles. The van der Waals surface area contributed by atoms with E-state index in [0.29, 0.717) is 5.92 Å². The molecule has 0 radical (unpaired) electrons. The zero-order valence-corrected chi connectivity index (χ0v) is 21.3. The summed E-state index contributed by atoms with van der Waals surface area (Å²) in [7, 11) is 0. The summed E-state index contributed by atoms with van der Waals surface area (Å²) in [6.07, 6.45) is 4.51. The highest BCUT2D eigenvalue weighted by Gasteiger charge is 2.43. The first-order valence-electron chi connectivity index (χ1n) is 13.3. The predicted octanol–water partition coefficient (Wildman–Crippen LogP) is 6.35. The lowest BCUT2D eigenvalue weighted by molar-refractivity contribution is 0.0198. The maximum Gasteiger partial charge on any atom is 0.119 e. The highest BCUT2D eigenvalue weighted by Crippen LogP contribution is 2.41. The summed E-state index contributed by atoms with van der Waals surface area (Å²) in [6, 6.07) is 28.7. The SMILES string of the molecule is CC(C)Cc1ccc(C(O)CCCCN2CCC(C(O)(c3ccccc3)c3ccccc3)C2)cc1. The molecule has 1 aliphatic heterocycles. The van der Waals surface area contributed by atoms with Crippen molar-refractivity contribution in [3.05, 3.63) is 107 Å². The standard InChI is InChI=1S/C32H41NO2/c1-25(2)23-26-16-18-27(19-17-26)31(34)15-9-10-21-33-22-20-30(24-33)32(35,28-11-5-3-6-12-28)29-13-7-4-8-14-29/h3-8,11-14,16-19,25,30-31,34-35H,9-10,15,20-24H2,1-2H3. The Morgan fingerprint density at radius 3 is 2.03 bits per heavy atom. The average Bonchev–Trinajstić information content (AvgIpc) is 3.36. The molecule has 1 aliphatic rings.